The molecule has 72 valence electrons. The minimum atomic E-state index is -3.76. The lowest BCUT2D eigenvalue weighted by atomic mass is 10.4. The Morgan fingerprint density at radius 2 is 2.25 bits per heavy atom. The maximum atomic E-state index is 10.3. The fourth-order valence-corrected chi connectivity index (χ4v) is 1.71. The van der Waals surface area contributed by atoms with Gasteiger partial charge < -0.3 is 5.32 Å². The van der Waals surface area contributed by atoms with Crippen LogP contribution in [0.2, 0.25) is 0 Å². The van der Waals surface area contributed by atoms with Crippen LogP contribution < -0.4 is 5.32 Å². The molecule has 1 saturated heterocycles. The molecule has 0 atom stereocenters. The highest BCUT2D eigenvalue weighted by molar-refractivity contribution is 7.85. The van der Waals surface area contributed by atoms with Crippen LogP contribution in [0, 0.1) is 0 Å². The Labute approximate surface area is 72.5 Å². The average Bonchev–Trinajstić information content (AvgIpc) is 2.36. The number of nitrogens with zero attached hydrogens (tertiary/aromatic N) is 1. The van der Waals surface area contributed by atoms with Crippen LogP contribution in [0.5, 0.6) is 0 Å². The van der Waals surface area contributed by atoms with Gasteiger partial charge in [-0.1, -0.05) is 0 Å². The van der Waals surface area contributed by atoms with Gasteiger partial charge in [0.25, 0.3) is 10.1 Å². The topological polar surface area (TPSA) is 69.6 Å². The minimum Gasteiger partial charge on any atom is -0.303 e. The smallest absolute Gasteiger partial charge is 0.264 e. The van der Waals surface area contributed by atoms with Gasteiger partial charge in [0.2, 0.25) is 0 Å². The highest BCUT2D eigenvalue weighted by Gasteiger charge is 2.11. The molecule has 1 aliphatic rings. The van der Waals surface area contributed by atoms with Crippen LogP contribution >= 0.6 is 0 Å². The summed E-state index contributed by atoms with van der Waals surface area (Å²) in [7, 11) is -3.76. The van der Waals surface area contributed by atoms with Crippen molar-refractivity contribution in [1.29, 1.82) is 0 Å². The summed E-state index contributed by atoms with van der Waals surface area (Å²) in [5.74, 6) is -0.135. The summed E-state index contributed by atoms with van der Waals surface area (Å²) >= 11 is 0. The number of nitrogens with one attached hydrogen (secondary N) is 1. The lowest BCUT2D eigenvalue weighted by molar-refractivity contribution is 0.334. The molecule has 0 amide bonds. The van der Waals surface area contributed by atoms with Gasteiger partial charge in [-0.2, -0.15) is 8.42 Å². The zero-order chi connectivity index (χ0) is 9.03. The summed E-state index contributed by atoms with van der Waals surface area (Å²) < 4.78 is 29.1. The molecule has 0 aliphatic carbocycles. The fraction of sp³-hybridized carbons (Fsp3) is 1.00. The molecular weight excluding hydrogens is 180 g/mol. The predicted molar refractivity (Wildman–Crippen MR) is 45.5 cm³/mol. The molecule has 0 unspecified atom stereocenters. The highest BCUT2D eigenvalue weighted by Crippen LogP contribution is 1.96. The first-order chi connectivity index (χ1) is 5.58. The van der Waals surface area contributed by atoms with E-state index < -0.39 is 10.1 Å². The fourth-order valence-electron chi connectivity index (χ4n) is 1.21. The summed E-state index contributed by atoms with van der Waals surface area (Å²) in [5.41, 5.74) is 0. The Balaban J connectivity index is 2.09. The van der Waals surface area contributed by atoms with Gasteiger partial charge in [0.15, 0.2) is 0 Å². The largest absolute Gasteiger partial charge is 0.303 e. The van der Waals surface area contributed by atoms with E-state index in [0.29, 0.717) is 6.42 Å². The van der Waals surface area contributed by atoms with Crippen LogP contribution in [-0.4, -0.2) is 49.9 Å². The summed E-state index contributed by atoms with van der Waals surface area (Å²) in [6.45, 7) is 3.48. The molecule has 5 nitrogen and oxygen atoms in total. The molecule has 0 radical (unpaired) electrons. The summed E-state index contributed by atoms with van der Waals surface area (Å²) in [6, 6.07) is 0. The van der Waals surface area contributed by atoms with E-state index in [2.05, 4.69) is 10.2 Å². The van der Waals surface area contributed by atoms with E-state index in [9.17, 15) is 8.42 Å². The standard InChI is InChI=1S/C6H14N2O3S/c9-12(10,11)5-1-3-8-4-2-7-6-8/h7H,1-6H2,(H,9,10,11). The zero-order valence-corrected chi connectivity index (χ0v) is 7.68. The monoisotopic (exact) mass is 194 g/mol. The Morgan fingerprint density at radius 3 is 2.75 bits per heavy atom. The van der Waals surface area contributed by atoms with Crippen molar-refractivity contribution in [1.82, 2.24) is 10.2 Å². The van der Waals surface area contributed by atoms with Gasteiger partial charge in [-0.3, -0.25) is 9.45 Å². The SMILES string of the molecule is O=S(=O)(O)CCCN1CCNC1. The molecule has 0 aromatic rings. The molecule has 2 N–H and O–H groups in total. The molecule has 0 aromatic carbocycles. The van der Waals surface area contributed by atoms with E-state index in [4.69, 9.17) is 4.55 Å². The first kappa shape index (κ1) is 9.91. The van der Waals surface area contributed by atoms with Crippen LogP contribution in [0.15, 0.2) is 0 Å². The van der Waals surface area contributed by atoms with Crippen molar-refractivity contribution < 1.29 is 13.0 Å². The predicted octanol–water partition coefficient (Wildman–Crippen LogP) is -0.873. The highest BCUT2D eigenvalue weighted by atomic mass is 32.2. The first-order valence-electron chi connectivity index (χ1n) is 3.96. The molecule has 1 fully saturated rings. The van der Waals surface area contributed by atoms with E-state index >= 15 is 0 Å². The van der Waals surface area contributed by atoms with Crippen LogP contribution in [0.3, 0.4) is 0 Å². The molecule has 0 aromatic heterocycles. The molecule has 0 saturated carbocycles. The third-order valence-electron chi connectivity index (χ3n) is 1.82. The number of hydrogen-bond donors (Lipinski definition) is 2. The average molecular weight is 194 g/mol. The van der Waals surface area contributed by atoms with E-state index in [1.807, 2.05) is 0 Å². The third kappa shape index (κ3) is 4.01. The first-order valence-corrected chi connectivity index (χ1v) is 5.57. The van der Waals surface area contributed by atoms with Crippen molar-refractivity contribution in [3.05, 3.63) is 0 Å². The van der Waals surface area contributed by atoms with Crippen molar-refractivity contribution in [3.8, 4) is 0 Å². The molecular formula is C6H14N2O3S. The van der Waals surface area contributed by atoms with E-state index in [1.165, 1.54) is 0 Å². The van der Waals surface area contributed by atoms with E-state index in [-0.39, 0.29) is 5.75 Å². The Hall–Kier alpha value is -0.170. The van der Waals surface area contributed by atoms with Gasteiger partial charge in [-0.05, 0) is 6.42 Å². The summed E-state index contributed by atoms with van der Waals surface area (Å²) in [4.78, 5) is 2.12. The normalized spacial score (nSPS) is 20.1. The maximum absolute atomic E-state index is 10.3. The van der Waals surface area contributed by atoms with E-state index in [0.717, 1.165) is 26.3 Å². The number of rotatable bonds is 4. The van der Waals surface area contributed by atoms with Crippen molar-refractivity contribution in [2.45, 2.75) is 6.42 Å². The Bertz CT molecular complexity index is 221. The zero-order valence-electron chi connectivity index (χ0n) is 6.86. The summed E-state index contributed by atoms with van der Waals surface area (Å²) in [6.07, 6.45) is 0.501. The van der Waals surface area contributed by atoms with Gasteiger partial charge in [0, 0.05) is 26.3 Å². The van der Waals surface area contributed by atoms with Crippen LogP contribution in [0.1, 0.15) is 6.42 Å². The van der Waals surface area contributed by atoms with Crippen LogP contribution in [-0.2, 0) is 10.1 Å². The molecule has 12 heavy (non-hydrogen) atoms. The van der Waals surface area contributed by atoms with Crippen molar-refractivity contribution in [3.63, 3.8) is 0 Å². The van der Waals surface area contributed by atoms with E-state index in [1.54, 1.807) is 0 Å². The van der Waals surface area contributed by atoms with Gasteiger partial charge in [0.05, 0.1) is 5.75 Å². The second-order valence-electron chi connectivity index (χ2n) is 2.92. The molecule has 1 rings (SSSR count). The molecule has 1 aliphatic heterocycles. The molecule has 0 spiro atoms. The quantitative estimate of drug-likeness (QED) is 0.569. The Kier molecular flexibility index (Phi) is 3.45. The molecule has 1 heterocycles. The van der Waals surface area contributed by atoms with Crippen molar-refractivity contribution in [2.75, 3.05) is 32.1 Å². The lowest BCUT2D eigenvalue weighted by Crippen LogP contribution is -2.24. The second kappa shape index (κ2) is 4.18. The summed E-state index contributed by atoms with van der Waals surface area (Å²) in [5, 5.41) is 3.13. The van der Waals surface area contributed by atoms with Gasteiger partial charge >= 0.3 is 0 Å². The lowest BCUT2D eigenvalue weighted by Gasteiger charge is -2.11. The minimum absolute atomic E-state index is 0.135. The van der Waals surface area contributed by atoms with Gasteiger partial charge in [-0.25, -0.2) is 0 Å². The second-order valence-corrected chi connectivity index (χ2v) is 4.49. The van der Waals surface area contributed by atoms with Crippen molar-refractivity contribution >= 4 is 10.1 Å². The van der Waals surface area contributed by atoms with Crippen molar-refractivity contribution in [2.24, 2.45) is 0 Å². The Morgan fingerprint density at radius 1 is 1.50 bits per heavy atom. The number of hydrogen-bond acceptors (Lipinski definition) is 4. The van der Waals surface area contributed by atoms with Crippen LogP contribution in [0.4, 0.5) is 0 Å². The third-order valence-corrected chi connectivity index (χ3v) is 2.62. The molecule has 0 bridgehead atoms. The van der Waals surface area contributed by atoms with Gasteiger partial charge in [0.1, 0.15) is 0 Å². The molecule has 6 heteroatoms. The van der Waals surface area contributed by atoms with Gasteiger partial charge in [-0.15, -0.1) is 0 Å². The van der Waals surface area contributed by atoms with Crippen LogP contribution in [0.25, 0.3) is 0 Å². The maximum Gasteiger partial charge on any atom is 0.264 e.